The first-order chi connectivity index (χ1) is 9.47. The van der Waals surface area contributed by atoms with Gasteiger partial charge in [-0.15, -0.1) is 0 Å². The van der Waals surface area contributed by atoms with Gasteiger partial charge in [0, 0.05) is 14.9 Å². The Bertz CT molecular complexity index is 663. The van der Waals surface area contributed by atoms with E-state index in [4.69, 9.17) is 0 Å². The minimum Gasteiger partial charge on any atom is -0.293 e. The van der Waals surface area contributed by atoms with Crippen molar-refractivity contribution in [2.75, 3.05) is 5.75 Å². The Labute approximate surface area is 129 Å². The molecular weight excluding hydrogens is 336 g/mol. The fourth-order valence-electron chi connectivity index (χ4n) is 1.78. The minimum atomic E-state index is -1.30. The highest BCUT2D eigenvalue weighted by atomic mass is 79.9. The highest BCUT2D eigenvalue weighted by molar-refractivity contribution is 9.10. The lowest BCUT2D eigenvalue weighted by Gasteiger charge is -2.05. The minimum absolute atomic E-state index is 0.0180. The molecule has 2 nitrogen and oxygen atoms in total. The zero-order valence-corrected chi connectivity index (χ0v) is 13.8. The van der Waals surface area contributed by atoms with Gasteiger partial charge in [0.1, 0.15) is 0 Å². The first kappa shape index (κ1) is 15.1. The average molecular weight is 351 g/mol. The Morgan fingerprint density at radius 3 is 2.30 bits per heavy atom. The summed E-state index contributed by atoms with van der Waals surface area (Å²) in [6.07, 6.45) is 0. The Kier molecular flexibility index (Phi) is 4.89. The molecule has 0 heterocycles. The van der Waals surface area contributed by atoms with Gasteiger partial charge in [-0.1, -0.05) is 34.1 Å². The summed E-state index contributed by atoms with van der Waals surface area (Å²) < 4.78 is 13.2. The van der Waals surface area contributed by atoms with Gasteiger partial charge in [-0.2, -0.15) is 0 Å². The summed E-state index contributed by atoms with van der Waals surface area (Å²) in [5, 5.41) is 0. The van der Waals surface area contributed by atoms with Gasteiger partial charge >= 0.3 is 0 Å². The highest BCUT2D eigenvalue weighted by Gasteiger charge is 2.12. The molecule has 0 radical (unpaired) electrons. The van der Waals surface area contributed by atoms with Gasteiger partial charge in [0.05, 0.1) is 16.6 Å². The lowest BCUT2D eigenvalue weighted by molar-refractivity contribution is 0.102. The SMILES string of the molecule is Cc1ccc(S(=O)CC(=O)c2ccc(Br)cc2)cc1C. The van der Waals surface area contributed by atoms with Crippen LogP contribution in [0, 0.1) is 13.8 Å². The van der Waals surface area contributed by atoms with Crippen LogP contribution in [0.15, 0.2) is 51.8 Å². The fraction of sp³-hybridized carbons (Fsp3) is 0.188. The number of hydrogen-bond donors (Lipinski definition) is 0. The van der Waals surface area contributed by atoms with Crippen molar-refractivity contribution in [2.24, 2.45) is 0 Å². The summed E-state index contributed by atoms with van der Waals surface area (Å²) in [7, 11) is -1.30. The lowest BCUT2D eigenvalue weighted by Crippen LogP contribution is -2.11. The van der Waals surface area contributed by atoms with E-state index in [-0.39, 0.29) is 11.5 Å². The Balaban J connectivity index is 2.13. The van der Waals surface area contributed by atoms with Crippen LogP contribution in [0.5, 0.6) is 0 Å². The molecule has 20 heavy (non-hydrogen) atoms. The summed E-state index contributed by atoms with van der Waals surface area (Å²) in [6.45, 7) is 3.99. The maximum Gasteiger partial charge on any atom is 0.175 e. The maximum absolute atomic E-state index is 12.2. The highest BCUT2D eigenvalue weighted by Crippen LogP contribution is 2.15. The third-order valence-electron chi connectivity index (χ3n) is 3.17. The predicted octanol–water partition coefficient (Wildman–Crippen LogP) is 4.06. The summed E-state index contributed by atoms with van der Waals surface area (Å²) in [6, 6.07) is 12.8. The van der Waals surface area contributed by atoms with Gasteiger partial charge in [0.2, 0.25) is 0 Å². The van der Waals surface area contributed by atoms with E-state index in [0.717, 1.165) is 15.6 Å². The fourth-order valence-corrected chi connectivity index (χ4v) is 3.14. The topological polar surface area (TPSA) is 34.1 Å². The van der Waals surface area contributed by atoms with Crippen LogP contribution in [-0.4, -0.2) is 15.7 Å². The molecule has 0 N–H and O–H groups in total. The second-order valence-corrected chi connectivity index (χ2v) is 7.03. The predicted molar refractivity (Wildman–Crippen MR) is 85.7 cm³/mol. The molecule has 0 aromatic heterocycles. The molecule has 0 aliphatic rings. The standard InChI is InChI=1S/C16H15BrO2S/c1-11-3-8-15(9-12(11)2)20(19)10-16(18)13-4-6-14(17)7-5-13/h3-9H,10H2,1-2H3. The number of aryl methyl sites for hydroxylation is 2. The van der Waals surface area contributed by atoms with Gasteiger partial charge in [0.25, 0.3) is 0 Å². The molecule has 0 aliphatic carbocycles. The van der Waals surface area contributed by atoms with Gasteiger partial charge in [0.15, 0.2) is 5.78 Å². The van der Waals surface area contributed by atoms with Crippen molar-refractivity contribution in [3.8, 4) is 0 Å². The molecular formula is C16H15BrO2S. The normalized spacial score (nSPS) is 12.2. The van der Waals surface area contributed by atoms with E-state index in [1.807, 2.05) is 44.2 Å². The van der Waals surface area contributed by atoms with Crippen molar-refractivity contribution < 1.29 is 9.00 Å². The van der Waals surface area contributed by atoms with E-state index in [0.29, 0.717) is 10.5 Å². The molecule has 2 rings (SSSR count). The number of benzene rings is 2. The third-order valence-corrected chi connectivity index (χ3v) is 5.00. The summed E-state index contributed by atoms with van der Waals surface area (Å²) >= 11 is 3.33. The van der Waals surface area contributed by atoms with E-state index in [1.54, 1.807) is 12.1 Å². The van der Waals surface area contributed by atoms with E-state index < -0.39 is 10.8 Å². The lowest BCUT2D eigenvalue weighted by atomic mass is 10.1. The second kappa shape index (κ2) is 6.46. The summed E-state index contributed by atoms with van der Waals surface area (Å²) in [4.78, 5) is 12.8. The number of rotatable bonds is 4. The van der Waals surface area contributed by atoms with Gasteiger partial charge in [-0.05, 0) is 49.2 Å². The van der Waals surface area contributed by atoms with Crippen molar-refractivity contribution in [3.05, 3.63) is 63.6 Å². The average Bonchev–Trinajstić information content (AvgIpc) is 2.42. The van der Waals surface area contributed by atoms with E-state index in [2.05, 4.69) is 15.9 Å². The molecule has 2 aromatic rings. The molecule has 0 aliphatic heterocycles. The van der Waals surface area contributed by atoms with Crippen LogP contribution in [0.2, 0.25) is 0 Å². The Morgan fingerprint density at radius 2 is 1.70 bits per heavy atom. The molecule has 1 atom stereocenters. The molecule has 0 saturated heterocycles. The first-order valence-corrected chi connectivity index (χ1v) is 8.33. The number of carbonyl (C=O) groups excluding carboxylic acids is 1. The monoisotopic (exact) mass is 350 g/mol. The number of Topliss-reactive ketones (excluding diaryl/α,β-unsaturated/α-hetero) is 1. The molecule has 1 unspecified atom stereocenters. The zero-order chi connectivity index (χ0) is 14.7. The van der Waals surface area contributed by atoms with E-state index in [1.165, 1.54) is 0 Å². The van der Waals surface area contributed by atoms with Crippen LogP contribution in [0.4, 0.5) is 0 Å². The van der Waals surface area contributed by atoms with Crippen LogP contribution in [0.25, 0.3) is 0 Å². The van der Waals surface area contributed by atoms with Crippen LogP contribution in [0.3, 0.4) is 0 Å². The van der Waals surface area contributed by atoms with Gasteiger partial charge < -0.3 is 0 Å². The van der Waals surface area contributed by atoms with E-state index >= 15 is 0 Å². The number of hydrogen-bond acceptors (Lipinski definition) is 2. The molecule has 2 aromatic carbocycles. The van der Waals surface area contributed by atoms with Crippen LogP contribution < -0.4 is 0 Å². The molecule has 0 amide bonds. The summed E-state index contributed by atoms with van der Waals surface area (Å²) in [5.41, 5.74) is 2.84. The Morgan fingerprint density at radius 1 is 1.05 bits per heavy atom. The molecule has 0 bridgehead atoms. The zero-order valence-electron chi connectivity index (χ0n) is 11.4. The van der Waals surface area contributed by atoms with Crippen molar-refractivity contribution in [3.63, 3.8) is 0 Å². The van der Waals surface area contributed by atoms with Crippen LogP contribution >= 0.6 is 15.9 Å². The number of carbonyl (C=O) groups is 1. The van der Waals surface area contributed by atoms with Crippen molar-refractivity contribution in [1.82, 2.24) is 0 Å². The molecule has 0 spiro atoms. The molecule has 0 saturated carbocycles. The van der Waals surface area contributed by atoms with Crippen molar-refractivity contribution in [2.45, 2.75) is 18.7 Å². The number of halogens is 1. The van der Waals surface area contributed by atoms with Gasteiger partial charge in [-0.25, -0.2) is 0 Å². The van der Waals surface area contributed by atoms with Crippen LogP contribution in [0.1, 0.15) is 21.5 Å². The third kappa shape index (κ3) is 3.64. The number of ketones is 1. The largest absolute Gasteiger partial charge is 0.293 e. The second-order valence-electron chi connectivity index (χ2n) is 4.67. The summed E-state index contributed by atoms with van der Waals surface area (Å²) in [5.74, 6) is -0.0847. The van der Waals surface area contributed by atoms with Crippen LogP contribution in [-0.2, 0) is 10.8 Å². The smallest absolute Gasteiger partial charge is 0.175 e. The Hall–Kier alpha value is -1.26. The molecule has 104 valence electrons. The van der Waals surface area contributed by atoms with Gasteiger partial charge in [-0.3, -0.25) is 9.00 Å². The quantitative estimate of drug-likeness (QED) is 0.779. The van der Waals surface area contributed by atoms with Crippen molar-refractivity contribution in [1.29, 1.82) is 0 Å². The maximum atomic E-state index is 12.2. The van der Waals surface area contributed by atoms with Crippen molar-refractivity contribution >= 4 is 32.5 Å². The van der Waals surface area contributed by atoms with E-state index in [9.17, 15) is 9.00 Å². The molecule has 0 fully saturated rings. The first-order valence-electron chi connectivity index (χ1n) is 6.22. The molecule has 4 heteroatoms.